The van der Waals surface area contributed by atoms with E-state index in [-0.39, 0.29) is 18.9 Å². The smallest absolute Gasteiger partial charge is 0.349 e. The fraction of sp³-hybridized carbons (Fsp3) is 0.444. The van der Waals surface area contributed by atoms with Gasteiger partial charge in [0.1, 0.15) is 11.6 Å². The molecule has 0 bridgehead atoms. The van der Waals surface area contributed by atoms with Crippen LogP contribution in [0.5, 0.6) is 0 Å². The number of aromatic amines is 1. The lowest BCUT2D eigenvalue weighted by Crippen LogP contribution is -2.28. The standard InChI is InChI=1S/C9H13N5O3/c1-5-10-7(11-6(3-15)4-16)2-8-12-13-9(17)14(5)8/h2,6,11,15-16H,3-4H2,1H3,(H,13,17). The van der Waals surface area contributed by atoms with Gasteiger partial charge in [0.05, 0.1) is 19.3 Å². The first-order valence-electron chi connectivity index (χ1n) is 5.08. The van der Waals surface area contributed by atoms with Gasteiger partial charge in [-0.3, -0.25) is 0 Å². The molecule has 8 nitrogen and oxygen atoms in total. The maximum atomic E-state index is 11.3. The van der Waals surface area contributed by atoms with Gasteiger partial charge in [0, 0.05) is 6.07 Å². The Labute approximate surface area is 95.9 Å². The average molecular weight is 239 g/mol. The molecule has 2 heterocycles. The molecule has 0 aliphatic carbocycles. The van der Waals surface area contributed by atoms with Gasteiger partial charge in [-0.25, -0.2) is 19.3 Å². The van der Waals surface area contributed by atoms with E-state index in [9.17, 15) is 4.79 Å². The number of aliphatic hydroxyl groups is 2. The maximum Gasteiger partial charge on any atom is 0.349 e. The van der Waals surface area contributed by atoms with Gasteiger partial charge in [-0.05, 0) is 6.92 Å². The van der Waals surface area contributed by atoms with Crippen molar-refractivity contribution in [3.05, 3.63) is 22.4 Å². The van der Waals surface area contributed by atoms with Crippen molar-refractivity contribution < 1.29 is 10.2 Å². The Morgan fingerprint density at radius 1 is 1.53 bits per heavy atom. The fourth-order valence-corrected chi connectivity index (χ4v) is 1.53. The fourth-order valence-electron chi connectivity index (χ4n) is 1.53. The predicted molar refractivity (Wildman–Crippen MR) is 59.9 cm³/mol. The molecule has 2 rings (SSSR count). The first kappa shape index (κ1) is 11.6. The van der Waals surface area contributed by atoms with Crippen LogP contribution in [0.1, 0.15) is 5.82 Å². The molecular formula is C9H13N5O3. The van der Waals surface area contributed by atoms with Gasteiger partial charge in [0.15, 0.2) is 5.65 Å². The zero-order valence-corrected chi connectivity index (χ0v) is 9.21. The van der Waals surface area contributed by atoms with Crippen LogP contribution in [0.3, 0.4) is 0 Å². The number of anilines is 1. The molecule has 2 aromatic heterocycles. The number of aliphatic hydroxyl groups excluding tert-OH is 2. The Bertz CT molecular complexity index is 572. The number of nitrogens with one attached hydrogen (secondary N) is 2. The maximum absolute atomic E-state index is 11.3. The Morgan fingerprint density at radius 2 is 2.24 bits per heavy atom. The molecule has 0 fully saturated rings. The average Bonchev–Trinajstić information content (AvgIpc) is 2.68. The van der Waals surface area contributed by atoms with Crippen LogP contribution in [0.2, 0.25) is 0 Å². The summed E-state index contributed by atoms with van der Waals surface area (Å²) in [6.45, 7) is 1.24. The van der Waals surface area contributed by atoms with E-state index in [1.807, 2.05) is 0 Å². The van der Waals surface area contributed by atoms with E-state index >= 15 is 0 Å². The summed E-state index contributed by atoms with van der Waals surface area (Å²) in [6, 6.07) is 1.07. The third-order valence-corrected chi connectivity index (χ3v) is 2.36. The first-order chi connectivity index (χ1) is 8.15. The number of aryl methyl sites for hydroxylation is 1. The molecular weight excluding hydrogens is 226 g/mol. The second-order valence-corrected chi connectivity index (χ2v) is 3.62. The highest BCUT2D eigenvalue weighted by Crippen LogP contribution is 2.08. The summed E-state index contributed by atoms with van der Waals surface area (Å²) in [5.41, 5.74) is 0.0806. The van der Waals surface area contributed by atoms with Gasteiger partial charge >= 0.3 is 5.69 Å². The molecule has 8 heteroatoms. The summed E-state index contributed by atoms with van der Waals surface area (Å²) in [5.74, 6) is 0.917. The zero-order valence-electron chi connectivity index (χ0n) is 9.21. The molecule has 2 aromatic rings. The minimum Gasteiger partial charge on any atom is -0.394 e. The SMILES string of the molecule is Cc1nc(NC(CO)CO)cc2n[nH]c(=O)n12. The number of nitrogens with zero attached hydrogens (tertiary/aromatic N) is 3. The van der Waals surface area contributed by atoms with Crippen LogP contribution in [0.15, 0.2) is 10.9 Å². The number of aromatic nitrogens is 4. The zero-order chi connectivity index (χ0) is 12.4. The second-order valence-electron chi connectivity index (χ2n) is 3.62. The van der Waals surface area contributed by atoms with Crippen molar-refractivity contribution in [2.45, 2.75) is 13.0 Å². The molecule has 0 aliphatic rings. The first-order valence-corrected chi connectivity index (χ1v) is 5.08. The highest BCUT2D eigenvalue weighted by Gasteiger charge is 2.10. The minimum atomic E-state index is -0.491. The van der Waals surface area contributed by atoms with Gasteiger partial charge in [0.25, 0.3) is 0 Å². The van der Waals surface area contributed by atoms with E-state index in [4.69, 9.17) is 10.2 Å². The second kappa shape index (κ2) is 4.52. The van der Waals surface area contributed by atoms with Crippen molar-refractivity contribution in [1.29, 1.82) is 0 Å². The van der Waals surface area contributed by atoms with Crippen LogP contribution in [0.25, 0.3) is 5.65 Å². The van der Waals surface area contributed by atoms with E-state index in [1.54, 1.807) is 13.0 Å². The number of hydrogen-bond donors (Lipinski definition) is 4. The third-order valence-electron chi connectivity index (χ3n) is 2.36. The summed E-state index contributed by atoms with van der Waals surface area (Å²) in [4.78, 5) is 15.5. The number of rotatable bonds is 4. The van der Waals surface area contributed by atoms with E-state index < -0.39 is 6.04 Å². The summed E-state index contributed by atoms with van der Waals surface area (Å²) < 4.78 is 1.33. The molecule has 4 N–H and O–H groups in total. The summed E-state index contributed by atoms with van der Waals surface area (Å²) in [7, 11) is 0. The molecule has 0 saturated carbocycles. The van der Waals surface area contributed by atoms with Gasteiger partial charge in [-0.1, -0.05) is 0 Å². The lowest BCUT2D eigenvalue weighted by Gasteiger charge is -2.14. The highest BCUT2D eigenvalue weighted by atomic mass is 16.3. The van der Waals surface area contributed by atoms with E-state index in [1.165, 1.54) is 4.40 Å². The Hall–Kier alpha value is -1.93. The van der Waals surface area contributed by atoms with Crippen LogP contribution in [0, 0.1) is 6.92 Å². The van der Waals surface area contributed by atoms with Gasteiger partial charge in [-0.2, -0.15) is 5.10 Å². The van der Waals surface area contributed by atoms with Crippen molar-refractivity contribution in [2.75, 3.05) is 18.5 Å². The molecule has 0 unspecified atom stereocenters. The van der Waals surface area contributed by atoms with Crippen LogP contribution < -0.4 is 11.0 Å². The van der Waals surface area contributed by atoms with E-state index in [2.05, 4.69) is 20.5 Å². The van der Waals surface area contributed by atoms with Crippen LogP contribution in [0.4, 0.5) is 5.82 Å². The number of fused-ring (bicyclic) bond motifs is 1. The lowest BCUT2D eigenvalue weighted by atomic mass is 10.3. The Kier molecular flexibility index (Phi) is 3.07. The Balaban J connectivity index is 2.40. The van der Waals surface area contributed by atoms with Crippen molar-refractivity contribution in [3.63, 3.8) is 0 Å². The van der Waals surface area contributed by atoms with E-state index in [0.29, 0.717) is 17.3 Å². The monoisotopic (exact) mass is 239 g/mol. The molecule has 0 amide bonds. The normalized spacial score (nSPS) is 11.3. The predicted octanol–water partition coefficient (Wildman–Crippen LogP) is -1.51. The minimum absolute atomic E-state index is 0.213. The highest BCUT2D eigenvalue weighted by molar-refractivity contribution is 5.50. The van der Waals surface area contributed by atoms with Gasteiger partial charge in [-0.15, -0.1) is 0 Å². The van der Waals surface area contributed by atoms with Crippen molar-refractivity contribution in [1.82, 2.24) is 19.6 Å². The molecule has 0 atom stereocenters. The molecule has 0 spiro atoms. The van der Waals surface area contributed by atoms with Crippen molar-refractivity contribution in [2.24, 2.45) is 0 Å². The lowest BCUT2D eigenvalue weighted by molar-refractivity contribution is 0.203. The topological polar surface area (TPSA) is 116 Å². The largest absolute Gasteiger partial charge is 0.394 e. The summed E-state index contributed by atoms with van der Waals surface area (Å²) >= 11 is 0. The van der Waals surface area contributed by atoms with Gasteiger partial charge < -0.3 is 15.5 Å². The Morgan fingerprint density at radius 3 is 2.88 bits per heavy atom. The number of H-pyrrole nitrogens is 1. The van der Waals surface area contributed by atoms with E-state index in [0.717, 1.165) is 0 Å². The van der Waals surface area contributed by atoms with Crippen LogP contribution >= 0.6 is 0 Å². The van der Waals surface area contributed by atoms with Gasteiger partial charge in [0.2, 0.25) is 0 Å². The molecule has 17 heavy (non-hydrogen) atoms. The molecule has 92 valence electrons. The molecule has 0 saturated heterocycles. The number of hydrogen-bond acceptors (Lipinski definition) is 6. The van der Waals surface area contributed by atoms with Crippen LogP contribution in [-0.4, -0.2) is 49.1 Å². The molecule has 0 aliphatic heterocycles. The quantitative estimate of drug-likeness (QED) is 0.515. The summed E-state index contributed by atoms with van der Waals surface area (Å²) in [5, 5.41) is 26.9. The van der Waals surface area contributed by atoms with Crippen molar-refractivity contribution >= 4 is 11.5 Å². The third kappa shape index (κ3) is 2.12. The molecule has 0 radical (unpaired) electrons. The molecule has 0 aromatic carbocycles. The summed E-state index contributed by atoms with van der Waals surface area (Å²) in [6.07, 6.45) is 0. The van der Waals surface area contributed by atoms with Crippen LogP contribution in [-0.2, 0) is 0 Å². The van der Waals surface area contributed by atoms with Crippen molar-refractivity contribution in [3.8, 4) is 0 Å².